The topological polar surface area (TPSA) is 24.8 Å². The van der Waals surface area contributed by atoms with Crippen molar-refractivity contribution in [3.8, 4) is 16.9 Å². The molecule has 0 saturated heterocycles. The van der Waals surface area contributed by atoms with E-state index < -0.39 is 5.72 Å². The van der Waals surface area contributed by atoms with Gasteiger partial charge in [0.25, 0.3) is 0 Å². The minimum absolute atomic E-state index is 0.230. The Morgan fingerprint density at radius 1 is 0.815 bits per heavy atom. The Labute approximate surface area is 159 Å². The zero-order valence-electron chi connectivity index (χ0n) is 15.6. The lowest BCUT2D eigenvalue weighted by atomic mass is 9.94. The van der Waals surface area contributed by atoms with Gasteiger partial charge in [0.05, 0.1) is 11.8 Å². The van der Waals surface area contributed by atoms with Crippen LogP contribution in [-0.2, 0) is 0 Å². The van der Waals surface area contributed by atoms with Crippen LogP contribution >= 0.6 is 0 Å². The molecule has 0 aromatic heterocycles. The number of fused-ring (bicyclic) bond motifs is 3. The third-order valence-corrected chi connectivity index (χ3v) is 5.43. The first kappa shape index (κ1) is 16.1. The van der Waals surface area contributed by atoms with Crippen molar-refractivity contribution in [3.05, 3.63) is 90.0 Å². The Morgan fingerprint density at radius 3 is 2.22 bits per heavy atom. The fourth-order valence-corrected chi connectivity index (χ4v) is 4.07. The molecule has 3 heteroatoms. The highest BCUT2D eigenvalue weighted by molar-refractivity contribution is 6.02. The molecule has 5 rings (SSSR count). The van der Waals surface area contributed by atoms with Crippen LogP contribution in [-0.4, -0.2) is 16.4 Å². The second kappa shape index (κ2) is 5.98. The number of hydrogen-bond donors (Lipinski definition) is 0. The lowest BCUT2D eigenvalue weighted by Gasteiger charge is -2.43. The van der Waals surface area contributed by atoms with Gasteiger partial charge in [-0.15, -0.1) is 0 Å². The molecular formula is C24H22N2O. The third-order valence-electron chi connectivity index (χ3n) is 5.43. The maximum atomic E-state index is 6.21. The maximum absolute atomic E-state index is 6.21. The number of hydrogen-bond acceptors (Lipinski definition) is 3. The van der Waals surface area contributed by atoms with E-state index in [9.17, 15) is 0 Å². The molecule has 2 aliphatic rings. The maximum Gasteiger partial charge on any atom is 0.192 e. The number of nitrogens with zero attached hydrogens (tertiary/aromatic N) is 2. The van der Waals surface area contributed by atoms with Crippen LogP contribution in [0.15, 0.2) is 84.0 Å². The van der Waals surface area contributed by atoms with Crippen LogP contribution in [0.4, 0.5) is 0 Å². The largest absolute Gasteiger partial charge is 0.467 e. The molecule has 0 unspecified atom stereocenters. The molecule has 0 saturated carbocycles. The van der Waals surface area contributed by atoms with E-state index in [0.29, 0.717) is 0 Å². The fourth-order valence-electron chi connectivity index (χ4n) is 4.07. The van der Waals surface area contributed by atoms with Gasteiger partial charge in [-0.25, -0.2) is 5.01 Å². The van der Waals surface area contributed by atoms with Crippen LogP contribution in [0.3, 0.4) is 0 Å². The summed E-state index contributed by atoms with van der Waals surface area (Å²) in [6.45, 7) is 4.17. The van der Waals surface area contributed by atoms with Crippen LogP contribution in [0, 0.1) is 0 Å². The van der Waals surface area contributed by atoms with Gasteiger partial charge in [-0.2, -0.15) is 5.10 Å². The minimum atomic E-state index is -0.454. The van der Waals surface area contributed by atoms with Gasteiger partial charge in [0, 0.05) is 12.0 Å². The summed E-state index contributed by atoms with van der Waals surface area (Å²) < 4.78 is 6.21. The van der Waals surface area contributed by atoms with E-state index in [2.05, 4.69) is 85.6 Å². The Hall–Kier alpha value is -3.07. The molecule has 0 bridgehead atoms. The van der Waals surface area contributed by atoms with Crippen molar-refractivity contribution < 1.29 is 4.74 Å². The molecule has 2 aliphatic heterocycles. The lowest BCUT2D eigenvalue weighted by Crippen LogP contribution is -2.48. The van der Waals surface area contributed by atoms with Gasteiger partial charge in [-0.1, -0.05) is 72.8 Å². The van der Waals surface area contributed by atoms with Gasteiger partial charge in [-0.3, -0.25) is 0 Å². The molecular weight excluding hydrogens is 332 g/mol. The van der Waals surface area contributed by atoms with E-state index in [1.807, 2.05) is 12.1 Å². The lowest BCUT2D eigenvalue weighted by molar-refractivity contribution is -0.0911. The number of ether oxygens (including phenoxy) is 1. The van der Waals surface area contributed by atoms with E-state index in [-0.39, 0.29) is 6.04 Å². The Balaban J connectivity index is 1.48. The molecule has 0 radical (unpaired) electrons. The molecule has 3 nitrogen and oxygen atoms in total. The quantitative estimate of drug-likeness (QED) is 0.595. The van der Waals surface area contributed by atoms with Gasteiger partial charge in [-0.05, 0) is 36.6 Å². The Bertz CT molecular complexity index is 1010. The summed E-state index contributed by atoms with van der Waals surface area (Å²) in [5.74, 6) is 0.972. The fraction of sp³-hybridized carbons (Fsp3) is 0.208. The standard InChI is InChI=1S/C24H22N2O/c1-24(2)26-22(20-10-6-7-11-23(20)27-24)16-21(25-26)19-14-12-18(13-15-19)17-8-4-3-5-9-17/h3-15,22H,16H2,1-2H3/t22-/m0/s1. The summed E-state index contributed by atoms with van der Waals surface area (Å²) >= 11 is 0. The molecule has 1 atom stereocenters. The Morgan fingerprint density at radius 2 is 1.44 bits per heavy atom. The summed E-state index contributed by atoms with van der Waals surface area (Å²) in [7, 11) is 0. The molecule has 0 aliphatic carbocycles. The first-order valence-corrected chi connectivity index (χ1v) is 9.42. The van der Waals surface area contributed by atoms with E-state index in [4.69, 9.17) is 9.84 Å². The van der Waals surface area contributed by atoms with E-state index in [1.165, 1.54) is 22.3 Å². The van der Waals surface area contributed by atoms with Crippen molar-refractivity contribution >= 4 is 5.71 Å². The number of benzene rings is 3. The van der Waals surface area contributed by atoms with Crippen molar-refractivity contribution in [1.29, 1.82) is 0 Å². The van der Waals surface area contributed by atoms with Crippen LogP contribution in [0.1, 0.15) is 37.4 Å². The third kappa shape index (κ3) is 2.71. The number of para-hydroxylation sites is 1. The number of rotatable bonds is 2. The monoisotopic (exact) mass is 354 g/mol. The van der Waals surface area contributed by atoms with Gasteiger partial charge in [0.2, 0.25) is 0 Å². The summed E-state index contributed by atoms with van der Waals surface area (Å²) in [5, 5.41) is 7.08. The summed E-state index contributed by atoms with van der Waals surface area (Å²) in [4.78, 5) is 0. The van der Waals surface area contributed by atoms with Crippen LogP contribution in [0.25, 0.3) is 11.1 Å². The minimum Gasteiger partial charge on any atom is -0.467 e. The van der Waals surface area contributed by atoms with E-state index in [0.717, 1.165) is 17.9 Å². The first-order valence-electron chi connectivity index (χ1n) is 9.42. The predicted octanol–water partition coefficient (Wildman–Crippen LogP) is 5.63. The Kier molecular flexibility index (Phi) is 3.57. The van der Waals surface area contributed by atoms with E-state index in [1.54, 1.807) is 0 Å². The second-order valence-corrected chi connectivity index (χ2v) is 7.64. The highest BCUT2D eigenvalue weighted by atomic mass is 16.5. The predicted molar refractivity (Wildman–Crippen MR) is 109 cm³/mol. The van der Waals surface area contributed by atoms with Gasteiger partial charge >= 0.3 is 0 Å². The van der Waals surface area contributed by atoms with Crippen molar-refractivity contribution in [2.75, 3.05) is 0 Å². The average Bonchev–Trinajstić information content (AvgIpc) is 3.16. The molecule has 3 aromatic rings. The second-order valence-electron chi connectivity index (χ2n) is 7.64. The van der Waals surface area contributed by atoms with E-state index >= 15 is 0 Å². The first-order chi connectivity index (χ1) is 13.1. The smallest absolute Gasteiger partial charge is 0.192 e. The molecule has 0 spiro atoms. The highest BCUT2D eigenvalue weighted by Crippen LogP contribution is 2.46. The van der Waals surface area contributed by atoms with Crippen LogP contribution in [0.5, 0.6) is 5.75 Å². The summed E-state index contributed by atoms with van der Waals surface area (Å²) in [5.41, 5.74) is 5.52. The van der Waals surface area contributed by atoms with Crippen molar-refractivity contribution in [1.82, 2.24) is 5.01 Å². The summed E-state index contributed by atoms with van der Waals surface area (Å²) in [6, 6.07) is 27.7. The zero-order valence-corrected chi connectivity index (χ0v) is 15.6. The van der Waals surface area contributed by atoms with Crippen molar-refractivity contribution in [3.63, 3.8) is 0 Å². The number of hydrazone groups is 1. The van der Waals surface area contributed by atoms with Crippen LogP contribution < -0.4 is 4.74 Å². The highest BCUT2D eigenvalue weighted by Gasteiger charge is 2.44. The normalized spacial score (nSPS) is 19.7. The van der Waals surface area contributed by atoms with Crippen LogP contribution in [0.2, 0.25) is 0 Å². The molecule has 2 heterocycles. The molecule has 3 aromatic carbocycles. The van der Waals surface area contributed by atoms with Crippen molar-refractivity contribution in [2.45, 2.75) is 32.0 Å². The SMILES string of the molecule is CC1(C)Oc2ccccc2[C@@H]2CC(c3ccc(-c4ccccc4)cc3)=NN21. The molecule has 0 amide bonds. The van der Waals surface area contributed by atoms with Gasteiger partial charge in [0.1, 0.15) is 5.75 Å². The molecule has 0 N–H and O–H groups in total. The molecule has 27 heavy (non-hydrogen) atoms. The average molecular weight is 354 g/mol. The summed E-state index contributed by atoms with van der Waals surface area (Å²) in [6.07, 6.45) is 0.897. The molecule has 0 fully saturated rings. The van der Waals surface area contributed by atoms with Gasteiger partial charge < -0.3 is 4.74 Å². The molecule has 134 valence electrons. The van der Waals surface area contributed by atoms with Crippen molar-refractivity contribution in [2.24, 2.45) is 5.10 Å². The van der Waals surface area contributed by atoms with Gasteiger partial charge in [0.15, 0.2) is 5.72 Å². The zero-order chi connectivity index (χ0) is 18.4.